The summed E-state index contributed by atoms with van der Waals surface area (Å²) in [6.45, 7) is 1.10. The summed E-state index contributed by atoms with van der Waals surface area (Å²) >= 11 is 17.0. The quantitative estimate of drug-likeness (QED) is 0.649. The first-order valence-corrected chi connectivity index (χ1v) is 11.5. The molecule has 6 nitrogen and oxygen atoms in total. The zero-order valence-electron chi connectivity index (χ0n) is 15.3. The zero-order valence-corrected chi connectivity index (χ0v) is 18.5. The predicted molar refractivity (Wildman–Crippen MR) is 119 cm³/mol. The molecule has 0 bridgehead atoms. The van der Waals surface area contributed by atoms with Gasteiger partial charge in [-0.25, -0.2) is 8.42 Å². The van der Waals surface area contributed by atoms with Gasteiger partial charge in [0.15, 0.2) is 5.11 Å². The molecular formula is C19H19Cl2N3O3S2. The summed E-state index contributed by atoms with van der Waals surface area (Å²) < 4.78 is 26.9. The third-order valence-electron chi connectivity index (χ3n) is 4.42. The van der Waals surface area contributed by atoms with Crippen LogP contribution in [0.5, 0.6) is 0 Å². The van der Waals surface area contributed by atoms with Crippen LogP contribution in [0.1, 0.15) is 29.6 Å². The normalized spacial score (nSPS) is 15.0. The van der Waals surface area contributed by atoms with Gasteiger partial charge in [-0.3, -0.25) is 10.1 Å². The maximum atomic E-state index is 12.7. The number of sulfonamides is 1. The van der Waals surface area contributed by atoms with Crippen LogP contribution in [-0.4, -0.2) is 36.8 Å². The van der Waals surface area contributed by atoms with Crippen molar-refractivity contribution >= 4 is 62.2 Å². The lowest BCUT2D eigenvalue weighted by molar-refractivity contribution is 0.0977. The Hall–Kier alpha value is -1.71. The molecule has 1 amide bonds. The topological polar surface area (TPSA) is 78.5 Å². The second kappa shape index (κ2) is 9.40. The van der Waals surface area contributed by atoms with Gasteiger partial charge in [0.2, 0.25) is 10.0 Å². The highest BCUT2D eigenvalue weighted by Crippen LogP contribution is 2.22. The molecule has 1 heterocycles. The van der Waals surface area contributed by atoms with Crippen LogP contribution in [0.15, 0.2) is 47.4 Å². The maximum absolute atomic E-state index is 12.7. The Balaban J connectivity index is 1.63. The summed E-state index contributed by atoms with van der Waals surface area (Å²) in [6.07, 6.45) is 2.81. The predicted octanol–water partition coefficient (Wildman–Crippen LogP) is 4.29. The summed E-state index contributed by atoms with van der Waals surface area (Å²) in [5.41, 5.74) is 0.826. The van der Waals surface area contributed by atoms with Crippen LogP contribution in [0, 0.1) is 0 Å². The molecule has 10 heteroatoms. The Morgan fingerprint density at radius 3 is 2.14 bits per heavy atom. The van der Waals surface area contributed by atoms with Gasteiger partial charge >= 0.3 is 0 Å². The summed E-state index contributed by atoms with van der Waals surface area (Å²) in [4.78, 5) is 12.5. The number of piperidine rings is 1. The van der Waals surface area contributed by atoms with Gasteiger partial charge in [-0.05, 0) is 67.5 Å². The molecule has 3 rings (SSSR count). The van der Waals surface area contributed by atoms with Crippen LogP contribution >= 0.6 is 35.4 Å². The number of amides is 1. The van der Waals surface area contributed by atoms with Gasteiger partial charge in [0.05, 0.1) is 4.90 Å². The molecule has 1 aliphatic heterocycles. The highest BCUT2D eigenvalue weighted by molar-refractivity contribution is 7.89. The average molecular weight is 472 g/mol. The molecule has 29 heavy (non-hydrogen) atoms. The van der Waals surface area contributed by atoms with Crippen molar-refractivity contribution in [1.29, 1.82) is 0 Å². The Morgan fingerprint density at radius 2 is 1.55 bits per heavy atom. The number of nitrogens with zero attached hydrogens (tertiary/aromatic N) is 1. The minimum absolute atomic E-state index is 0.0673. The third-order valence-corrected chi connectivity index (χ3v) is 6.97. The number of carbonyl (C=O) groups is 1. The molecule has 1 saturated heterocycles. The van der Waals surface area contributed by atoms with Gasteiger partial charge in [-0.1, -0.05) is 29.6 Å². The van der Waals surface area contributed by atoms with E-state index in [4.69, 9.17) is 35.4 Å². The van der Waals surface area contributed by atoms with Crippen molar-refractivity contribution in [2.45, 2.75) is 24.2 Å². The largest absolute Gasteiger partial charge is 0.332 e. The van der Waals surface area contributed by atoms with E-state index < -0.39 is 15.9 Å². The summed E-state index contributed by atoms with van der Waals surface area (Å²) in [7, 11) is -3.49. The van der Waals surface area contributed by atoms with Crippen molar-refractivity contribution in [3.8, 4) is 0 Å². The summed E-state index contributed by atoms with van der Waals surface area (Å²) in [5, 5.41) is 6.14. The lowest BCUT2D eigenvalue weighted by atomic mass is 10.2. The van der Waals surface area contributed by atoms with E-state index in [1.54, 1.807) is 12.1 Å². The van der Waals surface area contributed by atoms with Crippen LogP contribution in [0.25, 0.3) is 0 Å². The molecule has 2 aromatic carbocycles. The molecule has 0 radical (unpaired) electrons. The van der Waals surface area contributed by atoms with E-state index in [1.165, 1.54) is 34.6 Å². The van der Waals surface area contributed by atoms with Gasteiger partial charge in [0, 0.05) is 34.4 Å². The van der Waals surface area contributed by atoms with E-state index in [0.29, 0.717) is 28.8 Å². The number of hydrogen-bond donors (Lipinski definition) is 2. The van der Waals surface area contributed by atoms with E-state index in [-0.39, 0.29) is 15.6 Å². The Morgan fingerprint density at radius 1 is 0.966 bits per heavy atom. The Bertz CT molecular complexity index is 1000. The van der Waals surface area contributed by atoms with Crippen molar-refractivity contribution in [2.75, 3.05) is 18.4 Å². The molecule has 2 N–H and O–H groups in total. The standard InChI is InChI=1S/C19H19Cl2N3O3S2/c20-14-10-13(11-15(21)12-14)18(25)23-19(28)22-16-4-6-17(7-5-16)29(26,27)24-8-2-1-3-9-24/h4-7,10-12H,1-3,8-9H2,(H2,22,23,25,28). The first-order valence-electron chi connectivity index (χ1n) is 8.94. The minimum atomic E-state index is -3.49. The number of thiocarbonyl (C=S) groups is 1. The van der Waals surface area contributed by atoms with E-state index in [9.17, 15) is 13.2 Å². The van der Waals surface area contributed by atoms with Crippen LogP contribution in [0.4, 0.5) is 5.69 Å². The number of benzene rings is 2. The first-order chi connectivity index (χ1) is 13.8. The first kappa shape index (κ1) is 22.0. The molecule has 2 aromatic rings. The number of anilines is 1. The average Bonchev–Trinajstić information content (AvgIpc) is 2.68. The van der Waals surface area contributed by atoms with Gasteiger partial charge < -0.3 is 5.32 Å². The number of hydrogen-bond acceptors (Lipinski definition) is 4. The molecule has 1 aliphatic rings. The van der Waals surface area contributed by atoms with Gasteiger partial charge in [0.1, 0.15) is 0 Å². The smallest absolute Gasteiger partial charge is 0.257 e. The Labute approximate surface area is 185 Å². The maximum Gasteiger partial charge on any atom is 0.257 e. The minimum Gasteiger partial charge on any atom is -0.332 e. The third kappa shape index (κ3) is 5.67. The van der Waals surface area contributed by atoms with E-state index in [0.717, 1.165) is 19.3 Å². The molecule has 0 spiro atoms. The molecule has 0 unspecified atom stereocenters. The molecule has 0 aliphatic carbocycles. The molecular weight excluding hydrogens is 453 g/mol. The SMILES string of the molecule is O=C(NC(=S)Nc1ccc(S(=O)(=O)N2CCCCC2)cc1)c1cc(Cl)cc(Cl)c1. The molecule has 0 saturated carbocycles. The van der Waals surface area contributed by atoms with Crippen molar-refractivity contribution < 1.29 is 13.2 Å². The van der Waals surface area contributed by atoms with E-state index in [2.05, 4.69) is 10.6 Å². The summed E-state index contributed by atoms with van der Waals surface area (Å²) in [5.74, 6) is -0.462. The van der Waals surface area contributed by atoms with Crippen molar-refractivity contribution in [2.24, 2.45) is 0 Å². The lowest BCUT2D eigenvalue weighted by Crippen LogP contribution is -2.35. The number of carbonyl (C=O) groups excluding carboxylic acids is 1. The number of nitrogens with one attached hydrogen (secondary N) is 2. The zero-order chi connectivity index (χ0) is 21.0. The second-order valence-corrected chi connectivity index (χ2v) is 9.77. The highest BCUT2D eigenvalue weighted by atomic mass is 35.5. The van der Waals surface area contributed by atoms with Crippen molar-refractivity contribution in [3.63, 3.8) is 0 Å². The highest BCUT2D eigenvalue weighted by Gasteiger charge is 2.25. The molecule has 0 atom stereocenters. The number of halogens is 2. The van der Waals surface area contributed by atoms with Gasteiger partial charge in [-0.15, -0.1) is 0 Å². The van der Waals surface area contributed by atoms with Crippen molar-refractivity contribution in [3.05, 3.63) is 58.1 Å². The van der Waals surface area contributed by atoms with E-state index in [1.807, 2.05) is 0 Å². The fourth-order valence-corrected chi connectivity index (χ4v) is 5.24. The van der Waals surface area contributed by atoms with Crippen LogP contribution < -0.4 is 10.6 Å². The molecule has 0 aromatic heterocycles. The molecule has 154 valence electrons. The molecule has 1 fully saturated rings. The van der Waals surface area contributed by atoms with Crippen LogP contribution in [0.2, 0.25) is 10.0 Å². The van der Waals surface area contributed by atoms with Gasteiger partial charge in [0.25, 0.3) is 5.91 Å². The van der Waals surface area contributed by atoms with Crippen molar-refractivity contribution in [1.82, 2.24) is 9.62 Å². The second-order valence-electron chi connectivity index (χ2n) is 6.56. The fourth-order valence-electron chi connectivity index (χ4n) is 2.99. The van der Waals surface area contributed by atoms with Gasteiger partial charge in [-0.2, -0.15) is 4.31 Å². The van der Waals surface area contributed by atoms with E-state index >= 15 is 0 Å². The number of rotatable bonds is 4. The fraction of sp³-hybridized carbons (Fsp3) is 0.263. The van der Waals surface area contributed by atoms with Crippen LogP contribution in [0.3, 0.4) is 0 Å². The lowest BCUT2D eigenvalue weighted by Gasteiger charge is -2.25. The monoisotopic (exact) mass is 471 g/mol. The summed E-state index contributed by atoms with van der Waals surface area (Å²) in [6, 6.07) is 10.7. The Kier molecular flexibility index (Phi) is 7.13. The van der Waals surface area contributed by atoms with Crippen LogP contribution in [-0.2, 0) is 10.0 Å².